The Labute approximate surface area is 161 Å². The maximum absolute atomic E-state index is 4.23. The van der Waals surface area contributed by atoms with Crippen molar-refractivity contribution in [3.05, 3.63) is 90.8 Å². The maximum Gasteiger partial charge on any atom is 0.0346 e. The Morgan fingerprint density at radius 2 is 1.37 bits per heavy atom. The second kappa shape index (κ2) is 7.34. The highest BCUT2D eigenvalue weighted by Crippen LogP contribution is 2.30. The highest BCUT2D eigenvalue weighted by Gasteiger charge is 2.08. The zero-order chi connectivity index (χ0) is 18.8. The summed E-state index contributed by atoms with van der Waals surface area (Å²) in [6, 6.07) is 26.6. The lowest BCUT2D eigenvalue weighted by Gasteiger charge is -2.20. The molecule has 0 N–H and O–H groups in total. The minimum Gasteiger partial charge on any atom is -0.303 e. The molecule has 0 amide bonds. The molecule has 1 heterocycles. The van der Waals surface area contributed by atoms with Crippen LogP contribution in [0, 0.1) is 0 Å². The Hall–Kier alpha value is -2.97. The van der Waals surface area contributed by atoms with Gasteiger partial charge in [-0.3, -0.25) is 4.98 Å². The zero-order valence-corrected chi connectivity index (χ0v) is 16.1. The molecular formula is C25H24N2. The highest BCUT2D eigenvalue weighted by molar-refractivity contribution is 5.96. The van der Waals surface area contributed by atoms with Crippen LogP contribution < -0.4 is 0 Å². The van der Waals surface area contributed by atoms with E-state index in [2.05, 4.69) is 104 Å². The summed E-state index contributed by atoms with van der Waals surface area (Å²) in [6.07, 6.45) is 3.78. The van der Waals surface area contributed by atoms with Gasteiger partial charge >= 0.3 is 0 Å². The third-order valence-corrected chi connectivity index (χ3v) is 5.38. The monoisotopic (exact) mass is 352 g/mol. The van der Waals surface area contributed by atoms with Crippen LogP contribution in [0.5, 0.6) is 0 Å². The number of hydrogen-bond donors (Lipinski definition) is 0. The SMILES string of the molecule is CC(c1ccc(-c2ccc(-c3cccc4cnccc34)cc2)cc1)N(C)C. The molecule has 0 saturated carbocycles. The van der Waals surface area contributed by atoms with Crippen LogP contribution in [0.25, 0.3) is 33.0 Å². The van der Waals surface area contributed by atoms with Crippen molar-refractivity contribution in [2.45, 2.75) is 13.0 Å². The maximum atomic E-state index is 4.23. The first-order valence-corrected chi connectivity index (χ1v) is 9.33. The summed E-state index contributed by atoms with van der Waals surface area (Å²) in [4.78, 5) is 6.45. The van der Waals surface area contributed by atoms with Crippen molar-refractivity contribution in [1.29, 1.82) is 0 Å². The van der Waals surface area contributed by atoms with Crippen LogP contribution in [0.1, 0.15) is 18.5 Å². The van der Waals surface area contributed by atoms with Gasteiger partial charge in [0.25, 0.3) is 0 Å². The molecule has 0 radical (unpaired) electrons. The Morgan fingerprint density at radius 1 is 0.741 bits per heavy atom. The first-order valence-electron chi connectivity index (χ1n) is 9.33. The molecule has 4 rings (SSSR count). The topological polar surface area (TPSA) is 16.1 Å². The van der Waals surface area contributed by atoms with Crippen LogP contribution in [0.2, 0.25) is 0 Å². The second-order valence-electron chi connectivity index (χ2n) is 7.24. The first-order chi connectivity index (χ1) is 13.1. The zero-order valence-electron chi connectivity index (χ0n) is 16.1. The van der Waals surface area contributed by atoms with Gasteiger partial charge in [-0.15, -0.1) is 0 Å². The first kappa shape index (κ1) is 17.4. The van der Waals surface area contributed by atoms with E-state index in [0.717, 1.165) is 0 Å². The van der Waals surface area contributed by atoms with Crippen molar-refractivity contribution >= 4 is 10.8 Å². The number of aromatic nitrogens is 1. The third kappa shape index (κ3) is 3.49. The predicted molar refractivity (Wildman–Crippen MR) is 115 cm³/mol. The molecule has 0 fully saturated rings. The fourth-order valence-corrected chi connectivity index (χ4v) is 3.47. The molecule has 0 spiro atoms. The molecule has 0 saturated heterocycles. The summed E-state index contributed by atoms with van der Waals surface area (Å²) in [5.41, 5.74) is 6.30. The molecule has 0 aliphatic carbocycles. The molecule has 2 heteroatoms. The van der Waals surface area contributed by atoms with Gasteiger partial charge in [0.15, 0.2) is 0 Å². The van der Waals surface area contributed by atoms with E-state index in [1.807, 2.05) is 12.4 Å². The van der Waals surface area contributed by atoms with Gasteiger partial charge in [-0.05, 0) is 60.3 Å². The lowest BCUT2D eigenvalue weighted by atomic mass is 9.96. The van der Waals surface area contributed by atoms with Crippen molar-refractivity contribution in [3.63, 3.8) is 0 Å². The van der Waals surface area contributed by atoms with E-state index in [0.29, 0.717) is 6.04 Å². The lowest BCUT2D eigenvalue weighted by molar-refractivity contribution is 0.321. The molecular weight excluding hydrogens is 328 g/mol. The van der Waals surface area contributed by atoms with Gasteiger partial charge in [-0.25, -0.2) is 0 Å². The molecule has 2 nitrogen and oxygen atoms in total. The predicted octanol–water partition coefficient (Wildman–Crippen LogP) is 6.19. The Morgan fingerprint density at radius 3 is 2.04 bits per heavy atom. The summed E-state index contributed by atoms with van der Waals surface area (Å²) < 4.78 is 0. The van der Waals surface area contributed by atoms with E-state index >= 15 is 0 Å². The molecule has 1 unspecified atom stereocenters. The summed E-state index contributed by atoms with van der Waals surface area (Å²) in [7, 11) is 4.22. The molecule has 0 aliphatic heterocycles. The van der Waals surface area contributed by atoms with Crippen molar-refractivity contribution in [3.8, 4) is 22.3 Å². The van der Waals surface area contributed by atoms with E-state index in [9.17, 15) is 0 Å². The Balaban J connectivity index is 1.64. The van der Waals surface area contributed by atoms with Crippen LogP contribution in [-0.4, -0.2) is 24.0 Å². The average Bonchev–Trinajstić information content (AvgIpc) is 2.73. The number of pyridine rings is 1. The molecule has 3 aromatic carbocycles. The third-order valence-electron chi connectivity index (χ3n) is 5.38. The summed E-state index contributed by atoms with van der Waals surface area (Å²) in [5, 5.41) is 2.41. The fourth-order valence-electron chi connectivity index (χ4n) is 3.47. The smallest absolute Gasteiger partial charge is 0.0346 e. The second-order valence-corrected chi connectivity index (χ2v) is 7.24. The molecule has 4 aromatic rings. The number of hydrogen-bond acceptors (Lipinski definition) is 2. The van der Waals surface area contributed by atoms with Gasteiger partial charge in [0.2, 0.25) is 0 Å². The number of nitrogens with zero attached hydrogens (tertiary/aromatic N) is 2. The van der Waals surface area contributed by atoms with E-state index in [4.69, 9.17) is 0 Å². The molecule has 1 aromatic heterocycles. The van der Waals surface area contributed by atoms with Gasteiger partial charge in [-0.2, -0.15) is 0 Å². The van der Waals surface area contributed by atoms with E-state index < -0.39 is 0 Å². The minimum atomic E-state index is 0.419. The number of benzene rings is 3. The van der Waals surface area contributed by atoms with Gasteiger partial charge < -0.3 is 4.90 Å². The van der Waals surface area contributed by atoms with Gasteiger partial charge in [0.05, 0.1) is 0 Å². The lowest BCUT2D eigenvalue weighted by Crippen LogP contribution is -2.16. The van der Waals surface area contributed by atoms with Gasteiger partial charge in [-0.1, -0.05) is 66.7 Å². The minimum absolute atomic E-state index is 0.419. The largest absolute Gasteiger partial charge is 0.303 e. The standard InChI is InChI=1S/C25H24N2/c1-18(27(2)3)19-7-9-20(10-8-19)21-11-13-22(14-12-21)24-6-4-5-23-17-26-16-15-25(23)24/h4-18H,1-3H3. The Bertz CT molecular complexity index is 1040. The van der Waals surface area contributed by atoms with Crippen LogP contribution in [0.3, 0.4) is 0 Å². The Kier molecular flexibility index (Phi) is 4.74. The molecule has 27 heavy (non-hydrogen) atoms. The van der Waals surface area contributed by atoms with Crippen molar-refractivity contribution in [1.82, 2.24) is 9.88 Å². The normalized spacial score (nSPS) is 12.4. The van der Waals surface area contributed by atoms with Crippen LogP contribution >= 0.6 is 0 Å². The van der Waals surface area contributed by atoms with Gasteiger partial charge in [0.1, 0.15) is 0 Å². The van der Waals surface area contributed by atoms with Crippen LogP contribution in [0.4, 0.5) is 0 Å². The fraction of sp³-hybridized carbons (Fsp3) is 0.160. The molecule has 0 bridgehead atoms. The van der Waals surface area contributed by atoms with Gasteiger partial charge in [0, 0.05) is 23.8 Å². The number of rotatable bonds is 4. The van der Waals surface area contributed by atoms with Crippen molar-refractivity contribution < 1.29 is 0 Å². The van der Waals surface area contributed by atoms with E-state index in [1.54, 1.807) is 0 Å². The quantitative estimate of drug-likeness (QED) is 0.435. The summed E-state index contributed by atoms with van der Waals surface area (Å²) in [6.45, 7) is 2.23. The average molecular weight is 352 g/mol. The summed E-state index contributed by atoms with van der Waals surface area (Å²) in [5.74, 6) is 0. The summed E-state index contributed by atoms with van der Waals surface area (Å²) >= 11 is 0. The van der Waals surface area contributed by atoms with E-state index in [-0.39, 0.29) is 0 Å². The van der Waals surface area contributed by atoms with E-state index in [1.165, 1.54) is 38.6 Å². The molecule has 134 valence electrons. The number of fused-ring (bicyclic) bond motifs is 1. The van der Waals surface area contributed by atoms with Crippen molar-refractivity contribution in [2.24, 2.45) is 0 Å². The van der Waals surface area contributed by atoms with Crippen LogP contribution in [-0.2, 0) is 0 Å². The van der Waals surface area contributed by atoms with Crippen molar-refractivity contribution in [2.75, 3.05) is 14.1 Å². The molecule has 0 aliphatic rings. The van der Waals surface area contributed by atoms with Crippen LogP contribution in [0.15, 0.2) is 85.2 Å². The highest BCUT2D eigenvalue weighted by atomic mass is 15.1. The molecule has 1 atom stereocenters.